The topological polar surface area (TPSA) is 145 Å². The highest BCUT2D eigenvalue weighted by Gasteiger charge is 2.31. The van der Waals surface area contributed by atoms with Crippen LogP contribution < -0.4 is 11.4 Å². The quantitative estimate of drug-likeness (QED) is 0.112. The van der Waals surface area contributed by atoms with E-state index in [1.807, 2.05) is 31.9 Å². The Morgan fingerprint density at radius 2 is 1.15 bits per heavy atom. The molecule has 0 radical (unpaired) electrons. The van der Waals surface area contributed by atoms with Gasteiger partial charge in [0.25, 0.3) is 0 Å². The molecule has 0 amide bonds. The van der Waals surface area contributed by atoms with E-state index in [4.69, 9.17) is 16.5 Å². The molecule has 15 nitrogen and oxygen atoms in total. The Morgan fingerprint density at radius 1 is 0.678 bits per heavy atom. The Morgan fingerprint density at radius 3 is 1.61 bits per heavy atom. The van der Waals surface area contributed by atoms with Crippen LogP contribution in [0.4, 0.5) is 5.69 Å². The number of hydrogen-bond donors (Lipinski definition) is 0. The highest BCUT2D eigenvalue weighted by atomic mass is 79.9. The molecule has 10 rings (SSSR count). The lowest BCUT2D eigenvalue weighted by Gasteiger charge is -2.11. The minimum atomic E-state index is -0.0160. The van der Waals surface area contributed by atoms with Gasteiger partial charge >= 0.3 is 11.4 Å². The maximum atomic E-state index is 13.3. The van der Waals surface area contributed by atoms with Crippen molar-refractivity contribution in [1.82, 2.24) is 57.3 Å². The average molecular weight is 857 g/mol. The van der Waals surface area contributed by atoms with Gasteiger partial charge in [-0.15, -0.1) is 0 Å². The van der Waals surface area contributed by atoms with Gasteiger partial charge in [0, 0.05) is 54.4 Å². The second-order valence-corrected chi connectivity index (χ2v) is 17.5. The number of fused-ring (bicyclic) bond motifs is 4. The first-order valence-corrected chi connectivity index (χ1v) is 21.2. The van der Waals surface area contributed by atoms with Crippen LogP contribution in [0.2, 0.25) is 0 Å². The van der Waals surface area contributed by atoms with E-state index >= 15 is 0 Å². The third-order valence-corrected chi connectivity index (χ3v) is 11.7. The Balaban J connectivity index is 0.000000152. The van der Waals surface area contributed by atoms with Crippen molar-refractivity contribution in [2.75, 3.05) is 0 Å². The van der Waals surface area contributed by atoms with Crippen molar-refractivity contribution < 1.29 is 0 Å². The molecule has 0 atom stereocenters. The number of pyridine rings is 4. The number of imidazole rings is 4. The lowest BCUT2D eigenvalue weighted by Crippen LogP contribution is -2.25. The molecule has 16 heteroatoms. The first-order valence-electron chi connectivity index (χ1n) is 20.4. The second kappa shape index (κ2) is 15.7. The summed E-state index contributed by atoms with van der Waals surface area (Å²) in [5, 5.41) is 0. The molecule has 0 unspecified atom stereocenters. The van der Waals surface area contributed by atoms with Crippen molar-refractivity contribution in [2.45, 2.75) is 104 Å². The average Bonchev–Trinajstić information content (AvgIpc) is 4.14. The third-order valence-electron chi connectivity index (χ3n) is 11.2. The van der Waals surface area contributed by atoms with Crippen molar-refractivity contribution in [2.24, 2.45) is 11.8 Å². The summed E-state index contributed by atoms with van der Waals surface area (Å²) in [7, 11) is 0. The lowest BCUT2D eigenvalue weighted by molar-refractivity contribution is 0.505. The molecule has 2 saturated carbocycles. The normalized spacial score (nSPS) is 14.3. The van der Waals surface area contributed by atoms with E-state index in [-0.39, 0.29) is 17.4 Å². The smallest absolute Gasteiger partial charge is 0.311 e. The zero-order valence-electron chi connectivity index (χ0n) is 33.7. The van der Waals surface area contributed by atoms with Gasteiger partial charge in [0.1, 0.15) is 17.2 Å². The molecule has 8 heterocycles. The van der Waals surface area contributed by atoms with Gasteiger partial charge in [0.05, 0.1) is 59.6 Å². The number of rotatable bonds is 12. The number of halogens is 1. The first kappa shape index (κ1) is 38.6. The van der Waals surface area contributed by atoms with Crippen LogP contribution in [0.25, 0.3) is 49.2 Å². The Labute approximate surface area is 348 Å². The molecule has 2 aliphatic carbocycles. The summed E-state index contributed by atoms with van der Waals surface area (Å²) in [5.41, 5.74) is 7.20. The Hall–Kier alpha value is -5.95. The zero-order valence-corrected chi connectivity index (χ0v) is 35.2. The highest BCUT2D eigenvalue weighted by molar-refractivity contribution is 9.10. The summed E-state index contributed by atoms with van der Waals surface area (Å²) in [6, 6.07) is 8.19. The molecule has 0 aromatic carbocycles. The number of aromatic nitrogens is 12. The third kappa shape index (κ3) is 7.48. The predicted octanol–water partition coefficient (Wildman–Crippen LogP) is 8.06. The van der Waals surface area contributed by atoms with E-state index in [2.05, 4.69) is 77.5 Å². The zero-order chi connectivity index (χ0) is 40.9. The second-order valence-electron chi connectivity index (χ2n) is 16.5. The van der Waals surface area contributed by atoms with Crippen LogP contribution in [0, 0.1) is 18.4 Å². The van der Waals surface area contributed by atoms with E-state index in [1.54, 1.807) is 47.8 Å². The molecule has 2 fully saturated rings. The molecule has 0 spiro atoms. The minimum absolute atomic E-state index is 0.0160. The minimum Gasteiger partial charge on any atom is -0.311 e. The fourth-order valence-electron chi connectivity index (χ4n) is 7.84. The molecule has 8 aromatic heterocycles. The predicted molar refractivity (Wildman–Crippen MR) is 231 cm³/mol. The van der Waals surface area contributed by atoms with Gasteiger partial charge in [-0.05, 0) is 90.6 Å². The summed E-state index contributed by atoms with van der Waals surface area (Å²) in [6.07, 6.45) is 16.6. The van der Waals surface area contributed by atoms with Crippen LogP contribution in [0.1, 0.15) is 90.0 Å². The van der Waals surface area contributed by atoms with Crippen molar-refractivity contribution in [1.29, 1.82) is 0 Å². The number of hydrogen-bond acceptors (Lipinski definition) is 8. The lowest BCUT2D eigenvalue weighted by atomic mass is 10.1. The van der Waals surface area contributed by atoms with E-state index in [0.717, 1.165) is 107 Å². The van der Waals surface area contributed by atoms with E-state index in [1.165, 1.54) is 0 Å². The van der Waals surface area contributed by atoms with Gasteiger partial charge in [0.2, 0.25) is 5.69 Å². The van der Waals surface area contributed by atoms with Crippen LogP contribution in [0.5, 0.6) is 0 Å². The largest absolute Gasteiger partial charge is 0.329 e. The summed E-state index contributed by atoms with van der Waals surface area (Å²) < 4.78 is 12.5. The Bertz CT molecular complexity index is 3020. The molecule has 0 saturated heterocycles. The standard InChI is InChI=1S/C22H23N7O.C21H23BrN6O/c1-14(2)7-9-27-20(26-17-10-15(23-3)11-25-21(17)27)13-28-19-12-24-8-6-18(19)29(22(28)30)16-4-5-16;1-13(2)6-8-26-19(25-16-9-14(22)10-24-20(16)26)12-27-18-11-23-7-5-17(18)28(21(27)29)15-3-4-15/h6,8,10-12,14,16H,4-5,7,9,13H2,1-2H3;5,7,9-11,13,15H,3-4,6,8,12H2,1-2H3. The summed E-state index contributed by atoms with van der Waals surface area (Å²) in [6.45, 7) is 18.4. The number of nitrogens with zero attached hydrogens (tertiary/aromatic N) is 13. The van der Waals surface area contributed by atoms with Gasteiger partial charge in [0.15, 0.2) is 11.3 Å². The van der Waals surface area contributed by atoms with Crippen LogP contribution in [0.3, 0.4) is 0 Å². The maximum absolute atomic E-state index is 13.3. The monoisotopic (exact) mass is 855 g/mol. The summed E-state index contributed by atoms with van der Waals surface area (Å²) in [5.74, 6) is 2.73. The van der Waals surface area contributed by atoms with Crippen molar-refractivity contribution in [3.63, 3.8) is 0 Å². The summed E-state index contributed by atoms with van der Waals surface area (Å²) >= 11 is 3.49. The van der Waals surface area contributed by atoms with Crippen molar-refractivity contribution in [3.8, 4) is 0 Å². The fraction of sp³-hybridized carbons (Fsp3) is 0.419. The van der Waals surface area contributed by atoms with Crippen LogP contribution in [0.15, 0.2) is 75.5 Å². The SMILES string of the molecule is CC(C)CCn1c(Cn2c(=O)n(C3CC3)c3ccncc32)nc2cc(Br)cnc21.[C-]#[N+]c1cnc2c(c1)nc(Cn1c(=O)n(C3CC3)c3ccncc31)n2CCC(C)C. The van der Waals surface area contributed by atoms with Gasteiger partial charge in [-0.25, -0.2) is 34.4 Å². The van der Waals surface area contributed by atoms with Crippen molar-refractivity contribution >= 4 is 66.0 Å². The molecule has 59 heavy (non-hydrogen) atoms. The summed E-state index contributed by atoms with van der Waals surface area (Å²) in [4.78, 5) is 57.2. The fourth-order valence-corrected chi connectivity index (χ4v) is 8.16. The van der Waals surface area contributed by atoms with Crippen LogP contribution in [-0.4, -0.2) is 57.3 Å². The van der Waals surface area contributed by atoms with Gasteiger partial charge in [-0.3, -0.25) is 28.2 Å². The van der Waals surface area contributed by atoms with E-state index in [0.29, 0.717) is 42.2 Å². The van der Waals surface area contributed by atoms with Gasteiger partial charge in [-0.2, -0.15) is 0 Å². The van der Waals surface area contributed by atoms with Gasteiger partial charge < -0.3 is 9.13 Å². The molecule has 8 aromatic rings. The molecule has 2 aliphatic rings. The molecule has 0 bridgehead atoms. The van der Waals surface area contributed by atoms with E-state index < -0.39 is 0 Å². The number of aryl methyl sites for hydroxylation is 2. The van der Waals surface area contributed by atoms with E-state index in [9.17, 15) is 9.59 Å². The molecule has 0 N–H and O–H groups in total. The van der Waals surface area contributed by atoms with Crippen molar-refractivity contribution in [3.05, 3.63) is 110 Å². The van der Waals surface area contributed by atoms with Crippen LogP contribution >= 0.6 is 15.9 Å². The first-order chi connectivity index (χ1) is 28.6. The highest BCUT2D eigenvalue weighted by Crippen LogP contribution is 2.37. The van der Waals surface area contributed by atoms with Crippen LogP contribution in [-0.2, 0) is 26.2 Å². The Kier molecular flexibility index (Phi) is 10.2. The molecular weight excluding hydrogens is 810 g/mol. The van der Waals surface area contributed by atoms with Gasteiger partial charge in [-0.1, -0.05) is 27.7 Å². The maximum Gasteiger partial charge on any atom is 0.329 e. The molecule has 302 valence electrons. The molecular formula is C43H46BrN13O2. The molecule has 0 aliphatic heterocycles.